The molecule has 7 atom stereocenters. The zero-order valence-corrected chi connectivity index (χ0v) is 22.4. The highest BCUT2D eigenvalue weighted by Crippen LogP contribution is 2.61. The lowest BCUT2D eigenvalue weighted by molar-refractivity contribution is -0.149. The largest absolute Gasteiger partial charge is 0.479 e. The lowest BCUT2D eigenvalue weighted by Crippen LogP contribution is -2.39. The maximum Gasteiger partial charge on any atom is 0.459 e. The van der Waals surface area contributed by atoms with Crippen LogP contribution < -0.4 is 20.1 Å². The van der Waals surface area contributed by atoms with Gasteiger partial charge in [0.05, 0.1) is 19.5 Å². The van der Waals surface area contributed by atoms with Crippen LogP contribution in [0.3, 0.4) is 0 Å². The first-order valence-corrected chi connectivity index (χ1v) is 13.6. The van der Waals surface area contributed by atoms with Crippen molar-refractivity contribution in [3.63, 3.8) is 0 Å². The number of nitrogen functional groups attached to an aromatic ring is 1. The van der Waals surface area contributed by atoms with Gasteiger partial charge in [0.25, 0.3) is 0 Å². The topological polar surface area (TPSA) is 202 Å². The maximum absolute atomic E-state index is 13.8. The number of nitrogens with one attached hydrogen (secondary N) is 1. The molecule has 1 saturated carbocycles. The number of nitrogens with zero attached hydrogens (tertiary/aromatic N) is 4. The first kappa shape index (κ1) is 27.2. The van der Waals surface area contributed by atoms with E-state index >= 15 is 0 Å². The molecular formula is C23H29N6O9P. The Balaban J connectivity index is 1.37. The van der Waals surface area contributed by atoms with Crippen LogP contribution in [0.5, 0.6) is 11.6 Å². The second-order valence-corrected chi connectivity index (χ2v) is 11.1. The van der Waals surface area contributed by atoms with Gasteiger partial charge in [0.1, 0.15) is 30.1 Å². The van der Waals surface area contributed by atoms with Crippen LogP contribution >= 0.6 is 7.75 Å². The number of aliphatic hydroxyl groups excluding tert-OH is 1. The maximum atomic E-state index is 13.8. The molecule has 3 aromatic rings. The summed E-state index contributed by atoms with van der Waals surface area (Å²) in [7, 11) is -2.93. The van der Waals surface area contributed by atoms with E-state index in [-0.39, 0.29) is 28.7 Å². The fraction of sp³-hybridized carbons (Fsp3) is 0.478. The van der Waals surface area contributed by atoms with Crippen molar-refractivity contribution in [1.82, 2.24) is 24.6 Å². The van der Waals surface area contributed by atoms with E-state index in [1.807, 2.05) is 0 Å². The number of rotatable bonds is 10. The minimum Gasteiger partial charge on any atom is -0.479 e. The number of aromatic nitrogens is 4. The molecule has 16 heteroatoms. The van der Waals surface area contributed by atoms with Crippen molar-refractivity contribution in [1.29, 1.82) is 0 Å². The number of benzene rings is 1. The van der Waals surface area contributed by atoms with Crippen LogP contribution in [0.4, 0.5) is 5.95 Å². The van der Waals surface area contributed by atoms with Crippen molar-refractivity contribution in [2.75, 3.05) is 12.8 Å². The molecule has 0 bridgehead atoms. The number of imidazole rings is 1. The number of fused-ring (bicyclic) bond motifs is 2. The molecule has 1 saturated heterocycles. The summed E-state index contributed by atoms with van der Waals surface area (Å²) in [6.45, 7) is 4.79. The lowest BCUT2D eigenvalue weighted by atomic mass is 10.1. The number of aliphatic hydroxyl groups is 2. The average molecular weight is 564 g/mol. The third kappa shape index (κ3) is 4.93. The average Bonchev–Trinajstić information content (AvgIpc) is 3.14. The van der Waals surface area contributed by atoms with Gasteiger partial charge in [-0.15, -0.1) is 0 Å². The third-order valence-corrected chi connectivity index (χ3v) is 7.92. The van der Waals surface area contributed by atoms with Crippen LogP contribution in [-0.2, 0) is 23.4 Å². The number of esters is 1. The number of para-hydroxylation sites is 1. The molecule has 0 amide bonds. The fourth-order valence-electron chi connectivity index (χ4n) is 4.37. The van der Waals surface area contributed by atoms with Crippen molar-refractivity contribution in [3.8, 4) is 11.6 Å². The van der Waals surface area contributed by atoms with E-state index in [4.69, 9.17) is 29.0 Å². The zero-order valence-electron chi connectivity index (χ0n) is 21.5. The van der Waals surface area contributed by atoms with Crippen LogP contribution in [-0.4, -0.2) is 78.9 Å². The molecule has 5 N–H and O–H groups in total. The number of methoxy groups -OCH3 is 1. The number of ether oxygens (including phenoxy) is 3. The van der Waals surface area contributed by atoms with Crippen LogP contribution in [0, 0.1) is 0 Å². The number of nitrogens with two attached hydrogens (primary N) is 1. The number of hydrogen-bond acceptors (Lipinski definition) is 13. The predicted molar refractivity (Wildman–Crippen MR) is 135 cm³/mol. The summed E-state index contributed by atoms with van der Waals surface area (Å²) in [5.74, 6) is -0.455. The van der Waals surface area contributed by atoms with E-state index in [2.05, 4.69) is 20.0 Å². The number of carbonyl (C=O) groups is 1. The zero-order chi connectivity index (χ0) is 28.1. The summed E-state index contributed by atoms with van der Waals surface area (Å²) in [6.07, 6.45) is -4.11. The van der Waals surface area contributed by atoms with E-state index in [9.17, 15) is 19.6 Å². The molecule has 3 heterocycles. The van der Waals surface area contributed by atoms with E-state index in [1.165, 1.54) is 24.9 Å². The van der Waals surface area contributed by atoms with Gasteiger partial charge in [-0.1, -0.05) is 18.2 Å². The second kappa shape index (κ2) is 10.0. The monoisotopic (exact) mass is 564 g/mol. The molecule has 2 aliphatic rings. The molecule has 0 radical (unpaired) electrons. The van der Waals surface area contributed by atoms with E-state index in [0.717, 1.165) is 0 Å². The fourth-order valence-corrected chi connectivity index (χ4v) is 6.08. The Morgan fingerprint density at radius 2 is 1.97 bits per heavy atom. The van der Waals surface area contributed by atoms with E-state index in [0.29, 0.717) is 0 Å². The molecule has 15 nitrogen and oxygen atoms in total. The quantitative estimate of drug-likeness (QED) is 0.200. The van der Waals surface area contributed by atoms with Gasteiger partial charge in [0.2, 0.25) is 11.8 Å². The Hall–Kier alpha value is -3.33. The van der Waals surface area contributed by atoms with Gasteiger partial charge >= 0.3 is 13.7 Å². The van der Waals surface area contributed by atoms with Crippen LogP contribution in [0.15, 0.2) is 36.7 Å². The molecule has 2 aromatic heterocycles. The summed E-state index contributed by atoms with van der Waals surface area (Å²) < 4.78 is 42.8. The van der Waals surface area contributed by atoms with Gasteiger partial charge in [0.15, 0.2) is 23.0 Å². The number of carbonyl (C=O) groups excluding carboxylic acids is 1. The van der Waals surface area contributed by atoms with Crippen molar-refractivity contribution < 1.29 is 42.8 Å². The van der Waals surface area contributed by atoms with Crippen LogP contribution in [0.25, 0.3) is 11.2 Å². The number of anilines is 1. The highest BCUT2D eigenvalue weighted by Gasteiger charge is 2.79. The standard InChI is InChI=1S/C23H29N6O9P/c1-11(2)35-21(31)12(3)28-39(33,37-13-8-6-5-7-9-13)38-17-16-23(17,32)15(30)20(36-16)29-10-25-14-18(29)26-22(24)27-19(14)34-4/h5-12,15-17,20,30,32H,1-4H3,(H,28,33)(H2,24,26,27)/t12-,15-,16-,17+,20-,23+,39?/m1/s1. The predicted octanol–water partition coefficient (Wildman–Crippen LogP) is 0.922. The van der Waals surface area contributed by atoms with E-state index < -0.39 is 56.0 Å². The Morgan fingerprint density at radius 1 is 1.26 bits per heavy atom. The molecule has 0 spiro atoms. The summed E-state index contributed by atoms with van der Waals surface area (Å²) in [6, 6.07) is 7.06. The van der Waals surface area contributed by atoms with E-state index in [1.54, 1.807) is 44.2 Å². The molecule has 1 aliphatic carbocycles. The summed E-state index contributed by atoms with van der Waals surface area (Å²) in [5.41, 5.74) is 4.29. The normalized spacial score (nSPS) is 28.1. The van der Waals surface area contributed by atoms with Crippen molar-refractivity contribution in [2.24, 2.45) is 0 Å². The highest BCUT2D eigenvalue weighted by atomic mass is 31.2. The molecule has 39 heavy (non-hydrogen) atoms. The Labute approximate surface area is 222 Å². The molecular weight excluding hydrogens is 535 g/mol. The van der Waals surface area contributed by atoms with Crippen molar-refractivity contribution in [2.45, 2.75) is 63.1 Å². The minimum atomic E-state index is -4.32. The van der Waals surface area contributed by atoms with Crippen molar-refractivity contribution >= 4 is 30.8 Å². The first-order valence-electron chi connectivity index (χ1n) is 12.1. The molecule has 1 aromatic carbocycles. The molecule has 5 rings (SSSR count). The van der Waals surface area contributed by atoms with Crippen LogP contribution in [0.2, 0.25) is 0 Å². The van der Waals surface area contributed by atoms with Crippen molar-refractivity contribution in [3.05, 3.63) is 36.7 Å². The van der Waals surface area contributed by atoms with Gasteiger partial charge in [-0.3, -0.25) is 13.9 Å². The molecule has 1 aliphatic heterocycles. The minimum absolute atomic E-state index is 0.0890. The first-order chi connectivity index (χ1) is 18.5. The van der Waals surface area contributed by atoms with Gasteiger partial charge in [0, 0.05) is 0 Å². The Kier molecular flexibility index (Phi) is 6.99. The van der Waals surface area contributed by atoms with Gasteiger partial charge in [-0.05, 0) is 32.9 Å². The van der Waals surface area contributed by atoms with Gasteiger partial charge < -0.3 is 34.7 Å². The van der Waals surface area contributed by atoms with Gasteiger partial charge in [-0.2, -0.15) is 15.1 Å². The highest BCUT2D eigenvalue weighted by molar-refractivity contribution is 7.52. The Bertz CT molecular complexity index is 1420. The summed E-state index contributed by atoms with van der Waals surface area (Å²) >= 11 is 0. The third-order valence-electron chi connectivity index (χ3n) is 6.26. The smallest absolute Gasteiger partial charge is 0.459 e. The Morgan fingerprint density at radius 3 is 2.59 bits per heavy atom. The second-order valence-electron chi connectivity index (χ2n) is 9.46. The lowest BCUT2D eigenvalue weighted by Gasteiger charge is -2.27. The van der Waals surface area contributed by atoms with Crippen LogP contribution in [0.1, 0.15) is 27.0 Å². The summed E-state index contributed by atoms with van der Waals surface area (Å²) in [5, 5.41) is 24.9. The molecule has 1 unspecified atom stereocenters. The molecule has 210 valence electrons. The SMILES string of the molecule is COc1nc(N)nc2c1ncn2[C@@H]1O[C@@H]2[C@H](OP(=O)(N[C@H](C)C(=O)OC(C)C)Oc3ccccc3)[C@]2(O)[C@@H]1O. The van der Waals surface area contributed by atoms with Gasteiger partial charge in [-0.25, -0.2) is 9.55 Å². The molecule has 2 fully saturated rings. The summed E-state index contributed by atoms with van der Waals surface area (Å²) in [4.78, 5) is 24.7. The number of hydrogen-bond donors (Lipinski definition) is 4.